The second-order valence-electron chi connectivity index (χ2n) is 5.79. The number of fused-ring (bicyclic) bond motifs is 1. The first-order valence-corrected chi connectivity index (χ1v) is 9.34. The molecule has 5 nitrogen and oxygen atoms in total. The minimum Gasteiger partial charge on any atom is -0.478 e. The zero-order valence-electron chi connectivity index (χ0n) is 14.6. The lowest BCUT2D eigenvalue weighted by molar-refractivity contribution is -0.130. The molecule has 0 unspecified atom stereocenters. The van der Waals surface area contributed by atoms with Gasteiger partial charge in [0.2, 0.25) is 0 Å². The molecular formula is C20H14Cl3NO4. The third kappa shape index (κ3) is 3.87. The maximum absolute atomic E-state index is 12.5. The second kappa shape index (κ2) is 8.27. The van der Waals surface area contributed by atoms with Gasteiger partial charge in [0.15, 0.2) is 0 Å². The van der Waals surface area contributed by atoms with E-state index < -0.39 is 11.9 Å². The molecule has 2 N–H and O–H groups in total. The summed E-state index contributed by atoms with van der Waals surface area (Å²) >= 11 is 18.6. The van der Waals surface area contributed by atoms with Crippen LogP contribution in [0.1, 0.15) is 28.5 Å². The molecular weight excluding hydrogens is 425 g/mol. The number of carboxylic acids is 1. The van der Waals surface area contributed by atoms with Gasteiger partial charge in [-0.2, -0.15) is 0 Å². The number of hydrogen-bond donors (Lipinski definition) is 2. The summed E-state index contributed by atoms with van der Waals surface area (Å²) in [5, 5.41) is 11.1. The fraction of sp³-hybridized carbons (Fsp3) is 0.100. The number of halogens is 3. The number of carbonyl (C=O) groups is 2. The number of nitrogens with one attached hydrogen (secondary N) is 1. The quantitative estimate of drug-likeness (QED) is 0.382. The van der Waals surface area contributed by atoms with E-state index in [9.17, 15) is 14.7 Å². The summed E-state index contributed by atoms with van der Waals surface area (Å²) in [7, 11) is 0. The minimum atomic E-state index is -1.21. The highest BCUT2D eigenvalue weighted by Crippen LogP contribution is 2.36. The maximum Gasteiger partial charge on any atom is 0.355 e. The number of aromatic nitrogens is 1. The van der Waals surface area contributed by atoms with Gasteiger partial charge in [0.1, 0.15) is 5.69 Å². The molecule has 144 valence electrons. The van der Waals surface area contributed by atoms with Crippen LogP contribution in [-0.4, -0.2) is 28.6 Å². The SMILES string of the molecule is CCOC(=O)c1[nH]c2cc(Cl)cc(Cl)c2c1C=C(C(=O)O)c1ccccc1Cl. The molecule has 0 radical (unpaired) electrons. The van der Waals surface area contributed by atoms with E-state index >= 15 is 0 Å². The Morgan fingerprint density at radius 2 is 1.86 bits per heavy atom. The molecule has 3 aromatic rings. The Hall–Kier alpha value is -2.47. The summed E-state index contributed by atoms with van der Waals surface area (Å²) in [4.78, 5) is 27.3. The van der Waals surface area contributed by atoms with E-state index in [0.29, 0.717) is 21.5 Å². The summed E-state index contributed by atoms with van der Waals surface area (Å²) < 4.78 is 5.09. The standard InChI is InChI=1S/C20H14Cl3NO4/c1-2-28-20(27)18-13(17-15(23)7-10(21)8-16(17)24-18)9-12(19(25)26)11-5-3-4-6-14(11)22/h3-9,24H,2H2,1H3,(H,25,26). The van der Waals surface area contributed by atoms with Crippen LogP contribution in [0.2, 0.25) is 15.1 Å². The number of hydrogen-bond acceptors (Lipinski definition) is 3. The van der Waals surface area contributed by atoms with Crippen molar-refractivity contribution in [3.05, 3.63) is 68.3 Å². The van der Waals surface area contributed by atoms with Gasteiger partial charge < -0.3 is 14.8 Å². The normalized spacial score (nSPS) is 11.6. The Balaban J connectivity index is 2.35. The molecule has 28 heavy (non-hydrogen) atoms. The van der Waals surface area contributed by atoms with E-state index in [1.165, 1.54) is 12.1 Å². The van der Waals surface area contributed by atoms with E-state index in [-0.39, 0.29) is 33.5 Å². The molecule has 0 saturated carbocycles. The largest absolute Gasteiger partial charge is 0.478 e. The lowest BCUT2D eigenvalue weighted by Crippen LogP contribution is -2.07. The number of rotatable bonds is 5. The lowest BCUT2D eigenvalue weighted by atomic mass is 10.0. The summed E-state index contributed by atoms with van der Waals surface area (Å²) in [6.45, 7) is 1.83. The molecule has 0 bridgehead atoms. The number of carboxylic acid groups (broad SMARTS) is 1. The molecule has 1 aromatic heterocycles. The lowest BCUT2D eigenvalue weighted by Gasteiger charge is -2.07. The Bertz CT molecular complexity index is 1120. The van der Waals surface area contributed by atoms with Crippen LogP contribution in [0.25, 0.3) is 22.6 Å². The molecule has 0 fully saturated rings. The van der Waals surface area contributed by atoms with Crippen molar-refractivity contribution in [2.75, 3.05) is 6.61 Å². The van der Waals surface area contributed by atoms with Crippen LogP contribution >= 0.6 is 34.8 Å². The Labute approximate surface area is 175 Å². The average Bonchev–Trinajstić information content (AvgIpc) is 2.99. The van der Waals surface area contributed by atoms with Crippen molar-refractivity contribution in [1.82, 2.24) is 4.98 Å². The van der Waals surface area contributed by atoms with Gasteiger partial charge in [-0.1, -0.05) is 53.0 Å². The molecule has 0 amide bonds. The smallest absolute Gasteiger partial charge is 0.355 e. The number of benzene rings is 2. The average molecular weight is 439 g/mol. The molecule has 1 heterocycles. The first-order chi connectivity index (χ1) is 13.3. The van der Waals surface area contributed by atoms with Gasteiger partial charge in [-0.3, -0.25) is 0 Å². The first-order valence-electron chi connectivity index (χ1n) is 8.21. The zero-order chi connectivity index (χ0) is 20.4. The van der Waals surface area contributed by atoms with Crippen molar-refractivity contribution in [2.24, 2.45) is 0 Å². The fourth-order valence-corrected chi connectivity index (χ4v) is 3.69. The van der Waals surface area contributed by atoms with Gasteiger partial charge in [-0.25, -0.2) is 9.59 Å². The van der Waals surface area contributed by atoms with Gasteiger partial charge >= 0.3 is 11.9 Å². The number of aliphatic carboxylic acids is 1. The van der Waals surface area contributed by atoms with Crippen molar-refractivity contribution in [1.29, 1.82) is 0 Å². The molecule has 0 atom stereocenters. The molecule has 0 aliphatic carbocycles. The van der Waals surface area contributed by atoms with Crippen molar-refractivity contribution < 1.29 is 19.4 Å². The number of esters is 1. The molecule has 0 spiro atoms. The van der Waals surface area contributed by atoms with Crippen molar-refractivity contribution in [2.45, 2.75) is 6.92 Å². The molecule has 8 heteroatoms. The van der Waals surface area contributed by atoms with E-state index in [1.54, 1.807) is 37.3 Å². The van der Waals surface area contributed by atoms with Crippen molar-refractivity contribution in [3.8, 4) is 0 Å². The van der Waals surface area contributed by atoms with Gasteiger partial charge in [-0.15, -0.1) is 0 Å². The number of aromatic amines is 1. The summed E-state index contributed by atoms with van der Waals surface area (Å²) in [6.07, 6.45) is 1.36. The summed E-state index contributed by atoms with van der Waals surface area (Å²) in [5.41, 5.74) is 1.06. The Morgan fingerprint density at radius 3 is 2.50 bits per heavy atom. The predicted octanol–water partition coefficient (Wildman–Crippen LogP) is 5.93. The number of carbonyl (C=O) groups excluding carboxylic acids is 1. The highest BCUT2D eigenvalue weighted by molar-refractivity contribution is 6.40. The molecule has 0 aliphatic rings. The topological polar surface area (TPSA) is 79.4 Å². The number of ether oxygens (including phenoxy) is 1. The third-order valence-electron chi connectivity index (χ3n) is 4.02. The zero-order valence-corrected chi connectivity index (χ0v) is 16.8. The van der Waals surface area contributed by atoms with Crippen molar-refractivity contribution >= 4 is 69.3 Å². The minimum absolute atomic E-state index is 0.0758. The molecule has 3 rings (SSSR count). The summed E-state index contributed by atoms with van der Waals surface area (Å²) in [5.74, 6) is -1.84. The van der Waals surface area contributed by atoms with Crippen LogP contribution in [0.4, 0.5) is 0 Å². The fourth-order valence-electron chi connectivity index (χ4n) is 2.86. The number of H-pyrrole nitrogens is 1. The van der Waals surface area contributed by atoms with Crippen molar-refractivity contribution in [3.63, 3.8) is 0 Å². The van der Waals surface area contributed by atoms with Crippen LogP contribution in [0.15, 0.2) is 36.4 Å². The van der Waals surface area contributed by atoms with Crippen LogP contribution in [0.5, 0.6) is 0 Å². The van der Waals surface area contributed by atoms with Crippen LogP contribution < -0.4 is 0 Å². The molecule has 0 aliphatic heterocycles. The van der Waals surface area contributed by atoms with Crippen LogP contribution in [0.3, 0.4) is 0 Å². The predicted molar refractivity (Wildman–Crippen MR) is 111 cm³/mol. The van der Waals surface area contributed by atoms with Gasteiger partial charge in [0.25, 0.3) is 0 Å². The highest BCUT2D eigenvalue weighted by atomic mass is 35.5. The van der Waals surface area contributed by atoms with Gasteiger partial charge in [-0.05, 0) is 31.2 Å². The van der Waals surface area contributed by atoms with E-state index in [4.69, 9.17) is 39.5 Å². The maximum atomic E-state index is 12.5. The molecule has 2 aromatic carbocycles. The Morgan fingerprint density at radius 1 is 1.14 bits per heavy atom. The van der Waals surface area contributed by atoms with E-state index in [2.05, 4.69) is 4.98 Å². The summed E-state index contributed by atoms with van der Waals surface area (Å²) in [6, 6.07) is 9.65. The third-order valence-corrected chi connectivity index (χ3v) is 4.86. The first kappa shape index (κ1) is 20.3. The van der Waals surface area contributed by atoms with E-state index in [0.717, 1.165) is 0 Å². The Kier molecular flexibility index (Phi) is 5.98. The van der Waals surface area contributed by atoms with Gasteiger partial charge in [0, 0.05) is 32.1 Å². The van der Waals surface area contributed by atoms with Crippen LogP contribution in [-0.2, 0) is 9.53 Å². The van der Waals surface area contributed by atoms with Crippen LogP contribution in [0, 0.1) is 0 Å². The second-order valence-corrected chi connectivity index (χ2v) is 7.04. The highest BCUT2D eigenvalue weighted by Gasteiger charge is 2.23. The van der Waals surface area contributed by atoms with Gasteiger partial charge in [0.05, 0.1) is 17.2 Å². The molecule has 0 saturated heterocycles. The monoisotopic (exact) mass is 437 g/mol. The van der Waals surface area contributed by atoms with E-state index in [1.807, 2.05) is 0 Å².